The molecule has 1 unspecified atom stereocenters. The molecule has 1 aliphatic heterocycles. The second-order valence-electron chi connectivity index (χ2n) is 5.74. The number of amides is 2. The number of anilines is 1. The summed E-state index contributed by atoms with van der Waals surface area (Å²) in [4.78, 5) is 23.9. The van der Waals surface area contributed by atoms with Gasteiger partial charge in [0.05, 0.1) is 12.2 Å². The molecule has 0 saturated heterocycles. The molecule has 3 rings (SSSR count). The highest BCUT2D eigenvalue weighted by molar-refractivity contribution is 6.30. The van der Waals surface area contributed by atoms with Crippen LogP contribution in [-0.2, 0) is 16.8 Å². The summed E-state index contributed by atoms with van der Waals surface area (Å²) in [5, 5.41) is 7.80. The van der Waals surface area contributed by atoms with Crippen molar-refractivity contribution < 1.29 is 32.0 Å². The maximum atomic E-state index is 14.0. The minimum absolute atomic E-state index is 0.0116. The molecule has 1 aromatic heterocycles. The Morgan fingerprint density at radius 3 is 2.74 bits per heavy atom. The number of halogens is 4. The number of fused-ring (bicyclic) bond motifs is 1. The lowest BCUT2D eigenvalue weighted by Gasteiger charge is -2.39. The van der Waals surface area contributed by atoms with Crippen LogP contribution in [0.5, 0.6) is 0 Å². The predicted molar refractivity (Wildman–Crippen MR) is 87.5 cm³/mol. The molecular formula is C16H13ClF3N3O4. The van der Waals surface area contributed by atoms with E-state index in [-0.39, 0.29) is 16.4 Å². The lowest BCUT2D eigenvalue weighted by Crippen LogP contribution is -2.56. The fraction of sp³-hybridized carbons (Fsp3) is 0.312. The average Bonchev–Trinajstić information content (AvgIpc) is 3.08. The molecule has 1 atom stereocenters. The molecule has 0 aliphatic carbocycles. The number of carbonyl (C=O) groups is 2. The summed E-state index contributed by atoms with van der Waals surface area (Å²) >= 11 is 5.82. The fourth-order valence-electron chi connectivity index (χ4n) is 2.63. The largest absolute Gasteiger partial charge is 0.434 e. The van der Waals surface area contributed by atoms with E-state index < -0.39 is 35.9 Å². The van der Waals surface area contributed by atoms with E-state index in [1.54, 1.807) is 6.92 Å². The number of nitrogens with zero attached hydrogens (tertiary/aromatic N) is 1. The number of rotatable bonds is 4. The Morgan fingerprint density at radius 1 is 1.37 bits per heavy atom. The third kappa shape index (κ3) is 3.44. The summed E-state index contributed by atoms with van der Waals surface area (Å²) < 4.78 is 51.4. The third-order valence-electron chi connectivity index (χ3n) is 4.02. The van der Waals surface area contributed by atoms with Crippen LogP contribution >= 0.6 is 11.6 Å². The van der Waals surface area contributed by atoms with Gasteiger partial charge in [-0.15, -0.1) is 0 Å². The van der Waals surface area contributed by atoms with Gasteiger partial charge in [0.1, 0.15) is 5.76 Å². The molecule has 0 fully saturated rings. The molecule has 27 heavy (non-hydrogen) atoms. The Kier molecular flexibility index (Phi) is 4.77. The first-order chi connectivity index (χ1) is 12.7. The average molecular weight is 404 g/mol. The maximum absolute atomic E-state index is 14.0. The summed E-state index contributed by atoms with van der Waals surface area (Å²) in [6.07, 6.45) is -5.87. The van der Waals surface area contributed by atoms with Crippen LogP contribution in [0, 0.1) is 0 Å². The van der Waals surface area contributed by atoms with Crippen molar-refractivity contribution in [3.63, 3.8) is 0 Å². The van der Waals surface area contributed by atoms with Crippen LogP contribution in [0.1, 0.15) is 28.7 Å². The van der Waals surface area contributed by atoms with Gasteiger partial charge in [0.25, 0.3) is 11.5 Å². The summed E-state index contributed by atoms with van der Waals surface area (Å²) in [6.45, 7) is 0.695. The highest BCUT2D eigenvalue weighted by atomic mass is 35.5. The van der Waals surface area contributed by atoms with E-state index in [1.165, 1.54) is 18.2 Å². The molecule has 0 saturated carbocycles. The Labute approximate surface area is 155 Å². The predicted octanol–water partition coefficient (Wildman–Crippen LogP) is 3.64. The number of aryl methyl sites for hydroxylation is 1. The number of benzene rings is 1. The standard InChI is InChI=1S/C16H13ClF3N3O4/c1-2-9-6-12(23-27-9)13(24)21-7-15(16(18,19)20)10-5-8(17)3-4-11(10)22-14(25)26-15/h3-6H,2,7H2,1H3,(H,21,24)(H,22,25). The molecule has 1 aromatic carbocycles. The maximum Gasteiger partial charge on any atom is 0.434 e. The molecule has 11 heteroatoms. The van der Waals surface area contributed by atoms with E-state index in [0.717, 1.165) is 6.07 Å². The van der Waals surface area contributed by atoms with Gasteiger partial charge in [0.2, 0.25) is 0 Å². The van der Waals surface area contributed by atoms with Crippen molar-refractivity contribution in [3.8, 4) is 0 Å². The number of hydrogen-bond donors (Lipinski definition) is 2. The number of nitrogens with one attached hydrogen (secondary N) is 2. The molecule has 0 bridgehead atoms. The van der Waals surface area contributed by atoms with Gasteiger partial charge < -0.3 is 14.6 Å². The first-order valence-corrected chi connectivity index (χ1v) is 8.14. The summed E-state index contributed by atoms with van der Waals surface area (Å²) in [6, 6.07) is 4.90. The fourth-order valence-corrected chi connectivity index (χ4v) is 2.80. The highest BCUT2D eigenvalue weighted by Gasteiger charge is 2.62. The molecule has 1 aliphatic rings. The Morgan fingerprint density at radius 2 is 2.11 bits per heavy atom. The minimum Gasteiger partial charge on any atom is -0.426 e. The van der Waals surface area contributed by atoms with Crippen molar-refractivity contribution in [3.05, 3.63) is 46.3 Å². The Hall–Kier alpha value is -2.75. The van der Waals surface area contributed by atoms with Gasteiger partial charge in [-0.05, 0) is 18.2 Å². The molecule has 7 nitrogen and oxygen atoms in total. The second-order valence-corrected chi connectivity index (χ2v) is 6.18. The van der Waals surface area contributed by atoms with Crippen molar-refractivity contribution in [2.75, 3.05) is 11.9 Å². The quantitative estimate of drug-likeness (QED) is 0.813. The summed E-state index contributed by atoms with van der Waals surface area (Å²) in [5.41, 5.74) is -3.83. The minimum atomic E-state index is -5.03. The number of carbonyl (C=O) groups excluding carboxylic acids is 2. The molecule has 0 radical (unpaired) electrons. The van der Waals surface area contributed by atoms with Crippen molar-refractivity contribution in [2.24, 2.45) is 0 Å². The van der Waals surface area contributed by atoms with Crippen molar-refractivity contribution in [1.82, 2.24) is 10.5 Å². The normalized spacial score (nSPS) is 19.1. The van der Waals surface area contributed by atoms with Crippen LogP contribution in [0.25, 0.3) is 0 Å². The van der Waals surface area contributed by atoms with E-state index in [9.17, 15) is 22.8 Å². The number of alkyl halides is 3. The van der Waals surface area contributed by atoms with E-state index in [0.29, 0.717) is 12.2 Å². The zero-order valence-corrected chi connectivity index (χ0v) is 14.6. The van der Waals surface area contributed by atoms with Gasteiger partial charge >= 0.3 is 12.3 Å². The number of cyclic esters (lactones) is 1. The second kappa shape index (κ2) is 6.76. The number of ether oxygens (including phenoxy) is 1. The summed E-state index contributed by atoms with van der Waals surface area (Å²) in [5.74, 6) is -0.503. The number of aromatic nitrogens is 1. The van der Waals surface area contributed by atoms with Gasteiger partial charge in [0.15, 0.2) is 5.69 Å². The van der Waals surface area contributed by atoms with Crippen molar-refractivity contribution in [2.45, 2.75) is 25.1 Å². The third-order valence-corrected chi connectivity index (χ3v) is 4.25. The monoisotopic (exact) mass is 403 g/mol. The van der Waals surface area contributed by atoms with Crippen LogP contribution < -0.4 is 10.6 Å². The van der Waals surface area contributed by atoms with Crippen LogP contribution in [-0.4, -0.2) is 29.9 Å². The SMILES string of the molecule is CCc1cc(C(=O)NCC2(C(F)(F)F)OC(=O)Nc3ccc(Cl)cc32)no1. The molecule has 2 heterocycles. The van der Waals surface area contributed by atoms with Gasteiger partial charge in [-0.25, -0.2) is 4.79 Å². The lowest BCUT2D eigenvalue weighted by atomic mass is 9.89. The van der Waals surface area contributed by atoms with Crippen LogP contribution in [0.2, 0.25) is 5.02 Å². The van der Waals surface area contributed by atoms with Crippen LogP contribution in [0.3, 0.4) is 0 Å². The van der Waals surface area contributed by atoms with E-state index in [4.69, 9.17) is 16.1 Å². The molecular weight excluding hydrogens is 391 g/mol. The smallest absolute Gasteiger partial charge is 0.426 e. The van der Waals surface area contributed by atoms with E-state index in [1.807, 2.05) is 0 Å². The van der Waals surface area contributed by atoms with Crippen LogP contribution in [0.15, 0.2) is 28.8 Å². The van der Waals surface area contributed by atoms with Gasteiger partial charge in [-0.1, -0.05) is 23.7 Å². The molecule has 2 aromatic rings. The lowest BCUT2D eigenvalue weighted by molar-refractivity contribution is -0.261. The summed E-state index contributed by atoms with van der Waals surface area (Å²) in [7, 11) is 0. The van der Waals surface area contributed by atoms with Crippen molar-refractivity contribution in [1.29, 1.82) is 0 Å². The Bertz CT molecular complexity index is 899. The van der Waals surface area contributed by atoms with Gasteiger partial charge in [0, 0.05) is 23.1 Å². The van der Waals surface area contributed by atoms with E-state index in [2.05, 4.69) is 20.5 Å². The first kappa shape index (κ1) is 19.0. The van der Waals surface area contributed by atoms with Gasteiger partial charge in [-0.3, -0.25) is 10.1 Å². The van der Waals surface area contributed by atoms with E-state index >= 15 is 0 Å². The number of hydrogen-bond acceptors (Lipinski definition) is 5. The van der Waals surface area contributed by atoms with Crippen molar-refractivity contribution >= 4 is 29.3 Å². The molecule has 0 spiro atoms. The molecule has 2 amide bonds. The van der Waals surface area contributed by atoms with Gasteiger partial charge in [-0.2, -0.15) is 13.2 Å². The van der Waals surface area contributed by atoms with Crippen LogP contribution in [0.4, 0.5) is 23.7 Å². The Balaban J connectivity index is 1.96. The zero-order valence-electron chi connectivity index (χ0n) is 13.8. The topological polar surface area (TPSA) is 93.5 Å². The first-order valence-electron chi connectivity index (χ1n) is 7.77. The molecule has 144 valence electrons. The molecule has 2 N–H and O–H groups in total. The zero-order chi connectivity index (χ0) is 19.8. The highest BCUT2D eigenvalue weighted by Crippen LogP contribution is 2.47.